The number of hydrogen-bond acceptors (Lipinski definition) is 2. The molecule has 0 bridgehead atoms. The van der Waals surface area contributed by atoms with Crippen molar-refractivity contribution in [1.82, 2.24) is 0 Å². The number of hydrogen-bond donors (Lipinski definition) is 2. The minimum absolute atomic E-state index is 0.259. The minimum atomic E-state index is -0.642. The van der Waals surface area contributed by atoms with Crippen LogP contribution in [0.3, 0.4) is 0 Å². The second-order valence-corrected chi connectivity index (χ2v) is 7.17. The Labute approximate surface area is 139 Å². The summed E-state index contributed by atoms with van der Waals surface area (Å²) in [7, 11) is 0. The van der Waals surface area contributed by atoms with Gasteiger partial charge in [-0.1, -0.05) is 37.8 Å². The fourth-order valence-corrected chi connectivity index (χ4v) is 3.60. The number of nitrogens with one attached hydrogen (secondary N) is 1. The van der Waals surface area contributed by atoms with Gasteiger partial charge in [-0.25, -0.2) is 0 Å². The molecular formula is C16H22BrClN2O. The molecule has 3 nitrogen and oxygen atoms in total. The maximum absolute atomic E-state index is 12.1. The Bertz CT molecular complexity index is 523. The smallest absolute Gasteiger partial charge is 0.243 e. The van der Waals surface area contributed by atoms with E-state index in [1.165, 1.54) is 12.8 Å². The lowest BCUT2D eigenvalue weighted by molar-refractivity contribution is -0.122. The van der Waals surface area contributed by atoms with Gasteiger partial charge in [-0.3, -0.25) is 4.79 Å². The first-order valence-corrected chi connectivity index (χ1v) is 8.67. The van der Waals surface area contributed by atoms with Gasteiger partial charge in [-0.15, -0.1) is 0 Å². The SMILES string of the molecule is CCC1CCCC(Nc2ccc(Cl)c(Br)c2)(C(N)=O)CC1. The van der Waals surface area contributed by atoms with Gasteiger partial charge in [0.2, 0.25) is 5.91 Å². The van der Waals surface area contributed by atoms with Crippen molar-refractivity contribution in [3.05, 3.63) is 27.7 Å². The number of rotatable bonds is 4. The molecule has 1 aromatic carbocycles. The van der Waals surface area contributed by atoms with Crippen molar-refractivity contribution in [2.75, 3.05) is 5.32 Å². The van der Waals surface area contributed by atoms with E-state index in [1.54, 1.807) is 0 Å². The Hall–Kier alpha value is -0.740. The zero-order valence-corrected chi connectivity index (χ0v) is 14.6. The van der Waals surface area contributed by atoms with Gasteiger partial charge < -0.3 is 11.1 Å². The molecule has 0 heterocycles. The quantitative estimate of drug-likeness (QED) is 0.750. The lowest BCUT2D eigenvalue weighted by Gasteiger charge is -2.32. The molecule has 1 fully saturated rings. The summed E-state index contributed by atoms with van der Waals surface area (Å²) in [5, 5.41) is 4.04. The third-order valence-electron chi connectivity index (χ3n) is 4.55. The molecule has 2 rings (SSSR count). The van der Waals surface area contributed by atoms with Gasteiger partial charge in [0.1, 0.15) is 5.54 Å². The number of nitrogens with two attached hydrogens (primary N) is 1. The zero-order chi connectivity index (χ0) is 15.5. The van der Waals surface area contributed by atoms with Crippen LogP contribution in [0.4, 0.5) is 5.69 Å². The summed E-state index contributed by atoms with van der Waals surface area (Å²) in [6, 6.07) is 5.60. The summed E-state index contributed by atoms with van der Waals surface area (Å²) in [6.45, 7) is 2.21. The van der Waals surface area contributed by atoms with E-state index in [-0.39, 0.29) is 5.91 Å². The highest BCUT2D eigenvalue weighted by Gasteiger charge is 2.38. The van der Waals surface area contributed by atoms with Crippen LogP contribution in [0.2, 0.25) is 5.02 Å². The molecule has 0 saturated heterocycles. The first kappa shape index (κ1) is 16.6. The molecule has 3 N–H and O–H groups in total. The summed E-state index contributed by atoms with van der Waals surface area (Å²) in [6.07, 6.45) is 6.00. The number of carbonyl (C=O) groups excluding carboxylic acids is 1. The number of amides is 1. The summed E-state index contributed by atoms with van der Waals surface area (Å²) in [4.78, 5) is 12.1. The van der Waals surface area contributed by atoms with Crippen LogP contribution in [0.1, 0.15) is 45.4 Å². The lowest BCUT2D eigenvalue weighted by atomic mass is 9.88. The predicted molar refractivity (Wildman–Crippen MR) is 91.6 cm³/mol. The van der Waals surface area contributed by atoms with Crippen molar-refractivity contribution in [3.63, 3.8) is 0 Å². The lowest BCUT2D eigenvalue weighted by Crippen LogP contribution is -2.50. The van der Waals surface area contributed by atoms with E-state index < -0.39 is 5.54 Å². The second-order valence-electron chi connectivity index (χ2n) is 5.91. The predicted octanol–water partition coefficient (Wildman–Crippen LogP) is 4.73. The van der Waals surface area contributed by atoms with Gasteiger partial charge in [-0.2, -0.15) is 0 Å². The highest BCUT2D eigenvalue weighted by Crippen LogP contribution is 2.35. The number of anilines is 1. The van der Waals surface area contributed by atoms with Crippen LogP contribution in [0, 0.1) is 5.92 Å². The van der Waals surface area contributed by atoms with Crippen LogP contribution < -0.4 is 11.1 Å². The summed E-state index contributed by atoms with van der Waals surface area (Å²) < 4.78 is 0.814. The van der Waals surface area contributed by atoms with Crippen molar-refractivity contribution in [2.45, 2.75) is 51.0 Å². The topological polar surface area (TPSA) is 55.1 Å². The molecule has 2 atom stereocenters. The second kappa shape index (κ2) is 7.01. The van der Waals surface area contributed by atoms with Crippen LogP contribution in [0.25, 0.3) is 0 Å². The van der Waals surface area contributed by atoms with E-state index in [2.05, 4.69) is 28.2 Å². The number of halogens is 2. The number of benzene rings is 1. The fourth-order valence-electron chi connectivity index (χ4n) is 3.10. The van der Waals surface area contributed by atoms with Crippen LogP contribution in [-0.4, -0.2) is 11.4 Å². The monoisotopic (exact) mass is 372 g/mol. The highest BCUT2D eigenvalue weighted by molar-refractivity contribution is 9.10. The Kier molecular flexibility index (Phi) is 5.55. The number of primary amides is 1. The highest BCUT2D eigenvalue weighted by atomic mass is 79.9. The van der Waals surface area contributed by atoms with E-state index in [0.29, 0.717) is 10.9 Å². The van der Waals surface area contributed by atoms with Gasteiger partial charge in [0.05, 0.1) is 5.02 Å². The summed E-state index contributed by atoms with van der Waals surface area (Å²) in [5.74, 6) is 0.440. The maximum Gasteiger partial charge on any atom is 0.243 e. The van der Waals surface area contributed by atoms with Crippen molar-refractivity contribution in [1.29, 1.82) is 0 Å². The molecule has 1 saturated carbocycles. The molecule has 0 aliphatic heterocycles. The molecule has 2 unspecified atom stereocenters. The standard InChI is InChI=1S/C16H22BrClN2O/c1-2-11-4-3-8-16(9-7-11,15(19)21)20-12-5-6-14(18)13(17)10-12/h5-6,10-11,20H,2-4,7-9H2,1H3,(H2,19,21). The van der Waals surface area contributed by atoms with Crippen molar-refractivity contribution >= 4 is 39.1 Å². The van der Waals surface area contributed by atoms with Crippen molar-refractivity contribution < 1.29 is 4.79 Å². The van der Waals surface area contributed by atoms with E-state index in [9.17, 15) is 4.79 Å². The van der Waals surface area contributed by atoms with Crippen LogP contribution in [-0.2, 0) is 4.79 Å². The molecule has 116 valence electrons. The van der Waals surface area contributed by atoms with E-state index in [0.717, 1.165) is 35.8 Å². The van der Waals surface area contributed by atoms with Crippen LogP contribution in [0.5, 0.6) is 0 Å². The largest absolute Gasteiger partial charge is 0.371 e. The van der Waals surface area contributed by atoms with Crippen molar-refractivity contribution in [2.24, 2.45) is 11.7 Å². The maximum atomic E-state index is 12.1. The molecular weight excluding hydrogens is 352 g/mol. The summed E-state index contributed by atoms with van der Waals surface area (Å²) >= 11 is 9.43. The molecule has 1 aromatic rings. The Balaban J connectivity index is 2.21. The average Bonchev–Trinajstić information content (AvgIpc) is 2.66. The van der Waals surface area contributed by atoms with Gasteiger partial charge in [0, 0.05) is 10.2 Å². The van der Waals surface area contributed by atoms with E-state index >= 15 is 0 Å². The van der Waals surface area contributed by atoms with Gasteiger partial charge in [0.25, 0.3) is 0 Å². The number of carbonyl (C=O) groups is 1. The van der Waals surface area contributed by atoms with Crippen LogP contribution >= 0.6 is 27.5 Å². The normalized spacial score (nSPS) is 26.1. The average molecular weight is 374 g/mol. The van der Waals surface area contributed by atoms with Crippen molar-refractivity contribution in [3.8, 4) is 0 Å². The Morgan fingerprint density at radius 3 is 2.86 bits per heavy atom. The molecule has 0 spiro atoms. The minimum Gasteiger partial charge on any atom is -0.371 e. The van der Waals surface area contributed by atoms with E-state index in [4.69, 9.17) is 17.3 Å². The molecule has 21 heavy (non-hydrogen) atoms. The third kappa shape index (κ3) is 3.92. The molecule has 0 aromatic heterocycles. The van der Waals surface area contributed by atoms with Crippen LogP contribution in [0.15, 0.2) is 22.7 Å². The molecule has 0 radical (unpaired) electrons. The van der Waals surface area contributed by atoms with Gasteiger partial charge >= 0.3 is 0 Å². The Morgan fingerprint density at radius 1 is 1.48 bits per heavy atom. The molecule has 5 heteroatoms. The first-order chi connectivity index (χ1) is 9.97. The molecule has 1 amide bonds. The third-order valence-corrected chi connectivity index (χ3v) is 5.76. The first-order valence-electron chi connectivity index (χ1n) is 7.50. The summed E-state index contributed by atoms with van der Waals surface area (Å²) in [5.41, 5.74) is 5.97. The fraction of sp³-hybridized carbons (Fsp3) is 0.562. The Morgan fingerprint density at radius 2 is 2.24 bits per heavy atom. The van der Waals surface area contributed by atoms with Gasteiger partial charge in [-0.05, 0) is 59.3 Å². The molecule has 1 aliphatic carbocycles. The molecule has 1 aliphatic rings. The van der Waals surface area contributed by atoms with Gasteiger partial charge in [0.15, 0.2) is 0 Å². The van der Waals surface area contributed by atoms with E-state index in [1.807, 2.05) is 18.2 Å². The zero-order valence-electron chi connectivity index (χ0n) is 12.3.